The molecule has 0 saturated heterocycles. The van der Waals surface area contributed by atoms with E-state index in [0.717, 1.165) is 53.7 Å². The summed E-state index contributed by atoms with van der Waals surface area (Å²) in [6, 6.07) is 0. The quantitative estimate of drug-likeness (QED) is 0.839. The summed E-state index contributed by atoms with van der Waals surface area (Å²) < 4.78 is 5.49. The standard InChI is InChI=1S/C15H24O2/c1-6-8-12-10(3)15(17-5)11(4)13(9-7-2)14(12)16/h16H,6-9H2,1-5H3. The van der Waals surface area contributed by atoms with Crippen molar-refractivity contribution in [3.63, 3.8) is 0 Å². The lowest BCUT2D eigenvalue weighted by atomic mass is 9.92. The molecule has 96 valence electrons. The van der Waals surface area contributed by atoms with Crippen LogP contribution in [-0.4, -0.2) is 12.2 Å². The first kappa shape index (κ1) is 13.9. The first-order valence-electron chi connectivity index (χ1n) is 6.46. The van der Waals surface area contributed by atoms with Gasteiger partial charge >= 0.3 is 0 Å². The number of benzene rings is 1. The number of hydrogen-bond donors (Lipinski definition) is 1. The Morgan fingerprint density at radius 1 is 0.941 bits per heavy atom. The van der Waals surface area contributed by atoms with Crippen molar-refractivity contribution in [2.45, 2.75) is 53.4 Å². The fraction of sp³-hybridized carbons (Fsp3) is 0.600. The smallest absolute Gasteiger partial charge is 0.125 e. The first-order valence-corrected chi connectivity index (χ1v) is 6.46. The Morgan fingerprint density at radius 3 is 1.65 bits per heavy atom. The van der Waals surface area contributed by atoms with Crippen LogP contribution in [0.4, 0.5) is 0 Å². The Balaban J connectivity index is 3.45. The number of aromatic hydroxyl groups is 1. The molecule has 0 aliphatic rings. The molecule has 0 radical (unpaired) electrons. The number of methoxy groups -OCH3 is 1. The molecule has 1 aromatic carbocycles. The number of phenolic OH excluding ortho intramolecular Hbond substituents is 1. The van der Waals surface area contributed by atoms with Gasteiger partial charge in [-0.25, -0.2) is 0 Å². The molecule has 0 fully saturated rings. The number of rotatable bonds is 5. The molecule has 0 aliphatic heterocycles. The summed E-state index contributed by atoms with van der Waals surface area (Å²) in [5.41, 5.74) is 4.28. The van der Waals surface area contributed by atoms with Gasteiger partial charge in [-0.1, -0.05) is 26.7 Å². The van der Waals surface area contributed by atoms with E-state index in [4.69, 9.17) is 4.74 Å². The maximum Gasteiger partial charge on any atom is 0.125 e. The Labute approximate surface area is 105 Å². The molecule has 0 atom stereocenters. The largest absolute Gasteiger partial charge is 0.507 e. The third-order valence-electron chi connectivity index (χ3n) is 3.36. The van der Waals surface area contributed by atoms with Crippen LogP contribution in [0.2, 0.25) is 0 Å². The highest BCUT2D eigenvalue weighted by Gasteiger charge is 2.18. The van der Waals surface area contributed by atoms with Gasteiger partial charge in [0, 0.05) is 11.1 Å². The van der Waals surface area contributed by atoms with Gasteiger partial charge in [-0.2, -0.15) is 0 Å². The number of hydrogen-bond acceptors (Lipinski definition) is 2. The highest BCUT2D eigenvalue weighted by Crippen LogP contribution is 2.38. The molecule has 0 aromatic heterocycles. The molecule has 0 aliphatic carbocycles. The van der Waals surface area contributed by atoms with Gasteiger partial charge in [-0.05, 0) is 37.8 Å². The molecular formula is C15H24O2. The van der Waals surface area contributed by atoms with Crippen molar-refractivity contribution in [1.29, 1.82) is 0 Å². The fourth-order valence-corrected chi connectivity index (χ4v) is 2.51. The molecule has 0 spiro atoms. The summed E-state index contributed by atoms with van der Waals surface area (Å²) in [4.78, 5) is 0. The van der Waals surface area contributed by atoms with E-state index >= 15 is 0 Å². The van der Waals surface area contributed by atoms with Crippen molar-refractivity contribution in [2.24, 2.45) is 0 Å². The van der Waals surface area contributed by atoms with E-state index in [2.05, 4.69) is 13.8 Å². The van der Waals surface area contributed by atoms with Crippen molar-refractivity contribution in [3.8, 4) is 11.5 Å². The van der Waals surface area contributed by atoms with Crippen LogP contribution in [0.3, 0.4) is 0 Å². The van der Waals surface area contributed by atoms with Crippen LogP contribution in [0.25, 0.3) is 0 Å². The molecular weight excluding hydrogens is 212 g/mol. The van der Waals surface area contributed by atoms with Gasteiger partial charge < -0.3 is 9.84 Å². The van der Waals surface area contributed by atoms with Crippen molar-refractivity contribution >= 4 is 0 Å². The molecule has 0 bridgehead atoms. The van der Waals surface area contributed by atoms with E-state index in [1.165, 1.54) is 0 Å². The van der Waals surface area contributed by atoms with Crippen molar-refractivity contribution in [2.75, 3.05) is 7.11 Å². The van der Waals surface area contributed by atoms with Gasteiger partial charge in [0.1, 0.15) is 11.5 Å². The Hall–Kier alpha value is -1.18. The lowest BCUT2D eigenvalue weighted by Gasteiger charge is -2.19. The Morgan fingerprint density at radius 2 is 1.35 bits per heavy atom. The highest BCUT2D eigenvalue weighted by molar-refractivity contribution is 5.58. The predicted octanol–water partition coefficient (Wildman–Crippen LogP) is 3.92. The van der Waals surface area contributed by atoms with Crippen LogP contribution < -0.4 is 4.74 Å². The van der Waals surface area contributed by atoms with Crippen LogP contribution >= 0.6 is 0 Å². The monoisotopic (exact) mass is 236 g/mol. The summed E-state index contributed by atoms with van der Waals surface area (Å²) in [7, 11) is 1.71. The normalized spacial score (nSPS) is 10.6. The zero-order valence-corrected chi connectivity index (χ0v) is 11.7. The van der Waals surface area contributed by atoms with Gasteiger partial charge in [0.25, 0.3) is 0 Å². The predicted molar refractivity (Wildman–Crippen MR) is 72.1 cm³/mol. The molecule has 0 heterocycles. The zero-order valence-electron chi connectivity index (χ0n) is 11.7. The summed E-state index contributed by atoms with van der Waals surface area (Å²) >= 11 is 0. The second-order valence-corrected chi connectivity index (χ2v) is 4.59. The van der Waals surface area contributed by atoms with Crippen LogP contribution in [0, 0.1) is 13.8 Å². The van der Waals surface area contributed by atoms with E-state index in [1.54, 1.807) is 7.11 Å². The van der Waals surface area contributed by atoms with Crippen molar-refractivity contribution in [1.82, 2.24) is 0 Å². The van der Waals surface area contributed by atoms with E-state index in [1.807, 2.05) is 13.8 Å². The van der Waals surface area contributed by atoms with Gasteiger partial charge in [0.15, 0.2) is 0 Å². The summed E-state index contributed by atoms with van der Waals surface area (Å²) in [5.74, 6) is 1.43. The maximum atomic E-state index is 10.4. The topological polar surface area (TPSA) is 29.5 Å². The zero-order chi connectivity index (χ0) is 13.0. The minimum absolute atomic E-state index is 0.490. The van der Waals surface area contributed by atoms with Crippen molar-refractivity contribution in [3.05, 3.63) is 22.3 Å². The minimum atomic E-state index is 0.490. The lowest BCUT2D eigenvalue weighted by Crippen LogP contribution is -2.02. The molecule has 0 amide bonds. The van der Waals surface area contributed by atoms with E-state index in [-0.39, 0.29) is 0 Å². The van der Waals surface area contributed by atoms with Crippen LogP contribution in [0.15, 0.2) is 0 Å². The molecule has 2 heteroatoms. The third-order valence-corrected chi connectivity index (χ3v) is 3.36. The Bertz CT molecular complexity index is 361. The number of ether oxygens (including phenoxy) is 1. The van der Waals surface area contributed by atoms with E-state index in [0.29, 0.717) is 5.75 Å². The average Bonchev–Trinajstić information content (AvgIpc) is 2.31. The van der Waals surface area contributed by atoms with E-state index < -0.39 is 0 Å². The van der Waals surface area contributed by atoms with Crippen LogP contribution in [0.5, 0.6) is 11.5 Å². The molecule has 0 unspecified atom stereocenters. The molecule has 17 heavy (non-hydrogen) atoms. The summed E-state index contributed by atoms with van der Waals surface area (Å²) in [6.07, 6.45) is 3.88. The Kier molecular flexibility index (Phi) is 4.86. The maximum absolute atomic E-state index is 10.4. The SMILES string of the molecule is CCCc1c(C)c(OC)c(C)c(CCC)c1O. The summed E-state index contributed by atoms with van der Waals surface area (Å²) in [6.45, 7) is 8.33. The third kappa shape index (κ3) is 2.56. The molecule has 1 N–H and O–H groups in total. The fourth-order valence-electron chi connectivity index (χ4n) is 2.51. The first-order chi connectivity index (χ1) is 8.08. The second kappa shape index (κ2) is 5.95. The molecule has 0 saturated carbocycles. The van der Waals surface area contributed by atoms with Gasteiger partial charge in [-0.3, -0.25) is 0 Å². The van der Waals surface area contributed by atoms with Gasteiger partial charge in [0.2, 0.25) is 0 Å². The van der Waals surface area contributed by atoms with Crippen molar-refractivity contribution < 1.29 is 9.84 Å². The van der Waals surface area contributed by atoms with Gasteiger partial charge in [0.05, 0.1) is 7.11 Å². The minimum Gasteiger partial charge on any atom is -0.507 e. The van der Waals surface area contributed by atoms with Crippen LogP contribution in [-0.2, 0) is 12.8 Å². The number of phenols is 1. The summed E-state index contributed by atoms with van der Waals surface area (Å²) in [5, 5.41) is 10.4. The molecule has 1 aromatic rings. The highest BCUT2D eigenvalue weighted by atomic mass is 16.5. The van der Waals surface area contributed by atoms with Crippen LogP contribution in [0.1, 0.15) is 48.9 Å². The average molecular weight is 236 g/mol. The molecule has 1 rings (SSSR count). The van der Waals surface area contributed by atoms with E-state index in [9.17, 15) is 5.11 Å². The van der Waals surface area contributed by atoms with Gasteiger partial charge in [-0.15, -0.1) is 0 Å². The second-order valence-electron chi connectivity index (χ2n) is 4.59. The lowest BCUT2D eigenvalue weighted by molar-refractivity contribution is 0.401. The molecule has 2 nitrogen and oxygen atoms in total.